The Kier molecular flexibility index (Phi) is 3.91. The summed E-state index contributed by atoms with van der Waals surface area (Å²) < 4.78 is 1.72. The molecule has 6 heteroatoms. The first-order chi connectivity index (χ1) is 12.8. The highest BCUT2D eigenvalue weighted by atomic mass is 16.2. The molecule has 0 spiro atoms. The fraction of sp³-hybridized carbons (Fsp3) is 0.238. The zero-order valence-corrected chi connectivity index (χ0v) is 15.8. The summed E-state index contributed by atoms with van der Waals surface area (Å²) in [7, 11) is 0. The molecule has 0 aliphatic rings. The van der Waals surface area contributed by atoms with Crippen LogP contribution in [0.2, 0.25) is 0 Å². The number of aryl methyl sites for hydroxylation is 1. The van der Waals surface area contributed by atoms with E-state index in [1.54, 1.807) is 4.52 Å². The molecule has 27 heavy (non-hydrogen) atoms. The van der Waals surface area contributed by atoms with Crippen molar-refractivity contribution in [2.24, 2.45) is 5.41 Å². The molecule has 0 radical (unpaired) electrons. The molecule has 0 atom stereocenters. The molecule has 136 valence electrons. The molecule has 0 fully saturated rings. The molecule has 6 nitrogen and oxygen atoms in total. The van der Waals surface area contributed by atoms with Crippen molar-refractivity contribution in [3.63, 3.8) is 0 Å². The van der Waals surface area contributed by atoms with Crippen LogP contribution >= 0.6 is 0 Å². The summed E-state index contributed by atoms with van der Waals surface area (Å²) in [5.41, 5.74) is 5.00. The minimum atomic E-state index is -0.438. The maximum Gasteiger partial charge on any atom is 0.229 e. The molecule has 0 bridgehead atoms. The Morgan fingerprint density at radius 1 is 1.11 bits per heavy atom. The number of rotatable bonds is 2. The van der Waals surface area contributed by atoms with Gasteiger partial charge in [-0.2, -0.15) is 5.10 Å². The summed E-state index contributed by atoms with van der Waals surface area (Å²) in [5.74, 6) is -0.00862. The number of nitrogens with one attached hydrogen (secondary N) is 1. The van der Waals surface area contributed by atoms with E-state index in [2.05, 4.69) is 28.4 Å². The smallest absolute Gasteiger partial charge is 0.229 e. The van der Waals surface area contributed by atoms with Crippen LogP contribution < -0.4 is 5.32 Å². The van der Waals surface area contributed by atoms with Gasteiger partial charge in [-0.1, -0.05) is 20.8 Å². The Bertz CT molecular complexity index is 1170. The first-order valence-corrected chi connectivity index (χ1v) is 8.84. The molecule has 3 heterocycles. The highest BCUT2D eigenvalue weighted by molar-refractivity contribution is 5.97. The van der Waals surface area contributed by atoms with Gasteiger partial charge in [0, 0.05) is 28.2 Å². The molecule has 3 aromatic heterocycles. The first kappa shape index (κ1) is 17.1. The molecule has 0 saturated carbocycles. The van der Waals surface area contributed by atoms with Crippen LogP contribution in [0.1, 0.15) is 26.3 Å². The summed E-state index contributed by atoms with van der Waals surface area (Å²) in [4.78, 5) is 21.3. The maximum absolute atomic E-state index is 12.2. The van der Waals surface area contributed by atoms with E-state index in [4.69, 9.17) is 4.98 Å². The summed E-state index contributed by atoms with van der Waals surface area (Å²) in [5, 5.41) is 8.12. The average molecular weight is 359 g/mol. The van der Waals surface area contributed by atoms with E-state index in [0.29, 0.717) is 0 Å². The zero-order chi connectivity index (χ0) is 19.2. The number of carbonyl (C=O) groups excluding carboxylic acids is 1. The van der Waals surface area contributed by atoms with Crippen LogP contribution in [-0.4, -0.2) is 25.5 Å². The molecule has 0 saturated heterocycles. The van der Waals surface area contributed by atoms with Gasteiger partial charge in [-0.15, -0.1) is 0 Å². The second kappa shape index (κ2) is 6.16. The van der Waals surface area contributed by atoms with Crippen LogP contribution in [-0.2, 0) is 4.79 Å². The fourth-order valence-corrected chi connectivity index (χ4v) is 2.91. The van der Waals surface area contributed by atoms with Gasteiger partial charge in [0.2, 0.25) is 5.91 Å². The van der Waals surface area contributed by atoms with Crippen molar-refractivity contribution in [3.05, 3.63) is 54.5 Å². The normalized spacial score (nSPS) is 11.9. The number of hydrogen-bond donors (Lipinski definition) is 1. The van der Waals surface area contributed by atoms with Gasteiger partial charge in [0.25, 0.3) is 0 Å². The number of carbonyl (C=O) groups is 1. The Balaban J connectivity index is 1.73. The minimum absolute atomic E-state index is 0.00862. The highest BCUT2D eigenvalue weighted by Gasteiger charge is 2.21. The van der Waals surface area contributed by atoms with Gasteiger partial charge in [0.1, 0.15) is 6.33 Å². The average Bonchev–Trinajstić information content (AvgIpc) is 3.09. The largest absolute Gasteiger partial charge is 0.326 e. The maximum atomic E-state index is 12.2. The Hall–Kier alpha value is -3.28. The van der Waals surface area contributed by atoms with Gasteiger partial charge in [-0.05, 0) is 48.9 Å². The number of amides is 1. The van der Waals surface area contributed by atoms with Gasteiger partial charge in [-0.25, -0.2) is 14.5 Å². The van der Waals surface area contributed by atoms with E-state index < -0.39 is 5.41 Å². The second-order valence-corrected chi connectivity index (χ2v) is 7.74. The predicted octanol–water partition coefficient (Wildman–Crippen LogP) is 4.24. The summed E-state index contributed by atoms with van der Waals surface area (Å²) in [6, 6.07) is 11.8. The fourth-order valence-electron chi connectivity index (χ4n) is 2.91. The third-order valence-corrected chi connectivity index (χ3v) is 4.53. The lowest BCUT2D eigenvalue weighted by molar-refractivity contribution is -0.123. The van der Waals surface area contributed by atoms with Gasteiger partial charge < -0.3 is 5.32 Å². The SMILES string of the molecule is Cc1cc(-c2ccn3ncnc3c2)nc2ccc(NC(=O)C(C)(C)C)cc12. The van der Waals surface area contributed by atoms with E-state index in [-0.39, 0.29) is 5.91 Å². The number of anilines is 1. The van der Waals surface area contributed by atoms with Crippen LogP contribution in [0, 0.1) is 12.3 Å². The summed E-state index contributed by atoms with van der Waals surface area (Å²) in [6.07, 6.45) is 3.41. The minimum Gasteiger partial charge on any atom is -0.326 e. The lowest BCUT2D eigenvalue weighted by atomic mass is 9.95. The number of aromatic nitrogens is 4. The Morgan fingerprint density at radius 3 is 2.70 bits per heavy atom. The monoisotopic (exact) mass is 359 g/mol. The molecule has 1 amide bonds. The highest BCUT2D eigenvalue weighted by Crippen LogP contribution is 2.27. The molecule has 4 rings (SSSR count). The number of nitrogens with zero attached hydrogens (tertiary/aromatic N) is 4. The van der Waals surface area contributed by atoms with Crippen molar-refractivity contribution < 1.29 is 4.79 Å². The lowest BCUT2D eigenvalue weighted by Crippen LogP contribution is -2.27. The van der Waals surface area contributed by atoms with Crippen LogP contribution in [0.5, 0.6) is 0 Å². The van der Waals surface area contributed by atoms with E-state index in [1.807, 2.05) is 57.3 Å². The van der Waals surface area contributed by atoms with E-state index in [0.717, 1.165) is 39.1 Å². The Morgan fingerprint density at radius 2 is 1.93 bits per heavy atom. The third kappa shape index (κ3) is 3.26. The molecule has 0 aliphatic carbocycles. The standard InChI is InChI=1S/C21H21N5O/c1-13-9-18(14-7-8-26-19(10-14)22-12-23-26)25-17-6-5-15(11-16(13)17)24-20(27)21(2,3)4/h5-12H,1-4H3,(H,24,27). The van der Waals surface area contributed by atoms with Gasteiger partial charge in [0.05, 0.1) is 11.2 Å². The molecular weight excluding hydrogens is 338 g/mol. The molecule has 0 unspecified atom stereocenters. The molecule has 1 N–H and O–H groups in total. The Labute approximate surface area is 157 Å². The van der Waals surface area contributed by atoms with Crippen LogP contribution in [0.4, 0.5) is 5.69 Å². The number of benzene rings is 1. The lowest BCUT2D eigenvalue weighted by Gasteiger charge is -2.18. The third-order valence-electron chi connectivity index (χ3n) is 4.53. The van der Waals surface area contributed by atoms with Gasteiger partial charge >= 0.3 is 0 Å². The number of pyridine rings is 2. The zero-order valence-electron chi connectivity index (χ0n) is 15.8. The van der Waals surface area contributed by atoms with Crippen LogP contribution in [0.3, 0.4) is 0 Å². The molecule has 4 aromatic rings. The van der Waals surface area contributed by atoms with E-state index in [1.165, 1.54) is 6.33 Å². The van der Waals surface area contributed by atoms with Crippen molar-refractivity contribution in [2.75, 3.05) is 5.32 Å². The second-order valence-electron chi connectivity index (χ2n) is 7.74. The van der Waals surface area contributed by atoms with Crippen LogP contribution in [0.15, 0.2) is 48.9 Å². The van der Waals surface area contributed by atoms with Crippen LogP contribution in [0.25, 0.3) is 27.8 Å². The van der Waals surface area contributed by atoms with E-state index >= 15 is 0 Å². The van der Waals surface area contributed by atoms with Gasteiger partial charge in [0.15, 0.2) is 5.65 Å². The summed E-state index contributed by atoms with van der Waals surface area (Å²) in [6.45, 7) is 7.75. The van der Waals surface area contributed by atoms with Crippen molar-refractivity contribution >= 4 is 28.1 Å². The molecule has 0 aliphatic heterocycles. The number of hydrogen-bond acceptors (Lipinski definition) is 4. The topological polar surface area (TPSA) is 72.2 Å². The first-order valence-electron chi connectivity index (χ1n) is 8.84. The van der Waals surface area contributed by atoms with Crippen molar-refractivity contribution in [1.29, 1.82) is 0 Å². The quantitative estimate of drug-likeness (QED) is 0.581. The van der Waals surface area contributed by atoms with Crippen molar-refractivity contribution in [2.45, 2.75) is 27.7 Å². The summed E-state index contributed by atoms with van der Waals surface area (Å²) >= 11 is 0. The van der Waals surface area contributed by atoms with Crippen molar-refractivity contribution in [1.82, 2.24) is 19.6 Å². The van der Waals surface area contributed by atoms with Gasteiger partial charge in [-0.3, -0.25) is 4.79 Å². The number of fused-ring (bicyclic) bond motifs is 2. The molecule has 1 aromatic carbocycles. The molecular formula is C21H21N5O. The van der Waals surface area contributed by atoms with Crippen molar-refractivity contribution in [3.8, 4) is 11.3 Å². The predicted molar refractivity (Wildman–Crippen MR) is 107 cm³/mol. The van der Waals surface area contributed by atoms with E-state index in [9.17, 15) is 4.79 Å².